The van der Waals surface area contributed by atoms with Crippen molar-refractivity contribution >= 4 is 56.8 Å². The van der Waals surface area contributed by atoms with E-state index in [9.17, 15) is 18.4 Å². The van der Waals surface area contributed by atoms with Gasteiger partial charge in [-0.2, -0.15) is 10.4 Å². The van der Waals surface area contributed by atoms with Crippen LogP contribution < -0.4 is 4.90 Å². The van der Waals surface area contributed by atoms with E-state index in [2.05, 4.69) is 10.1 Å². The van der Waals surface area contributed by atoms with Crippen LogP contribution in [-0.2, 0) is 11.8 Å². The summed E-state index contributed by atoms with van der Waals surface area (Å²) in [5, 5.41) is 13.4. The molecule has 178 valence electrons. The van der Waals surface area contributed by atoms with Crippen LogP contribution in [0.15, 0.2) is 30.6 Å². The number of thioether (sulfide) groups is 1. The number of hydrogen-bond acceptors (Lipinski definition) is 6. The average molecular weight is 515 g/mol. The number of rotatable bonds is 4. The van der Waals surface area contributed by atoms with Crippen LogP contribution in [0.25, 0.3) is 15.8 Å². The van der Waals surface area contributed by atoms with Gasteiger partial charge in [0.15, 0.2) is 11.6 Å². The van der Waals surface area contributed by atoms with Crippen LogP contribution in [0.3, 0.4) is 0 Å². The maximum Gasteiger partial charge on any atom is 0.332 e. The van der Waals surface area contributed by atoms with E-state index in [1.165, 1.54) is 11.1 Å². The second-order valence-electron chi connectivity index (χ2n) is 8.13. The Morgan fingerprint density at radius 1 is 1.23 bits per heavy atom. The smallest absolute Gasteiger partial charge is 0.315 e. The van der Waals surface area contributed by atoms with E-state index in [0.29, 0.717) is 21.5 Å². The van der Waals surface area contributed by atoms with E-state index in [4.69, 9.17) is 16.9 Å². The molecule has 0 N–H and O–H groups in total. The molecule has 1 saturated heterocycles. The number of pyridine rings is 1. The van der Waals surface area contributed by atoms with Crippen LogP contribution in [0.4, 0.5) is 19.3 Å². The van der Waals surface area contributed by atoms with Crippen LogP contribution in [0.5, 0.6) is 0 Å². The van der Waals surface area contributed by atoms with Crippen LogP contribution in [0.2, 0.25) is 5.02 Å². The predicted octanol–water partition coefficient (Wildman–Crippen LogP) is 4.42. The van der Waals surface area contributed by atoms with E-state index in [1.807, 2.05) is 13.0 Å². The second-order valence-corrected chi connectivity index (χ2v) is 9.72. The summed E-state index contributed by atoms with van der Waals surface area (Å²) in [7, 11) is 1.75. The number of halogens is 3. The summed E-state index contributed by atoms with van der Waals surface area (Å²) in [6.07, 6.45) is 4.68. The number of amides is 3. The summed E-state index contributed by atoms with van der Waals surface area (Å²) in [5.74, 6) is -2.64. The number of aryl methyl sites for hydroxylation is 2. The zero-order valence-electron chi connectivity index (χ0n) is 18.5. The monoisotopic (exact) mass is 514 g/mol. The Labute approximate surface area is 207 Å². The Kier molecular flexibility index (Phi) is 5.73. The normalized spacial score (nSPS) is 19.8. The molecule has 2 aliphatic rings. The number of hydrogen-bond donors (Lipinski definition) is 0. The first-order valence-corrected chi connectivity index (χ1v) is 11.8. The fourth-order valence-electron chi connectivity index (χ4n) is 4.37. The lowest BCUT2D eigenvalue weighted by molar-refractivity contribution is -0.119. The molecule has 5 rings (SSSR count). The van der Waals surface area contributed by atoms with Crippen LogP contribution in [0.1, 0.15) is 17.7 Å². The number of aromatic nitrogens is 3. The van der Waals surface area contributed by atoms with Crippen molar-refractivity contribution in [3.05, 3.63) is 58.5 Å². The molecule has 35 heavy (non-hydrogen) atoms. The summed E-state index contributed by atoms with van der Waals surface area (Å²) in [6.45, 7) is 1.90. The predicted molar refractivity (Wildman–Crippen MR) is 128 cm³/mol. The molecule has 2 aliphatic heterocycles. The lowest BCUT2D eigenvalue weighted by Crippen LogP contribution is -2.62. The topological polar surface area (TPSA) is 95.1 Å². The van der Waals surface area contributed by atoms with Gasteiger partial charge in [-0.3, -0.25) is 14.5 Å². The van der Waals surface area contributed by atoms with Gasteiger partial charge >= 0.3 is 6.03 Å². The third kappa shape index (κ3) is 3.64. The van der Waals surface area contributed by atoms with E-state index >= 15 is 0 Å². The van der Waals surface area contributed by atoms with Gasteiger partial charge in [-0.15, -0.1) is 11.8 Å². The minimum Gasteiger partial charge on any atom is -0.315 e. The van der Waals surface area contributed by atoms with Gasteiger partial charge in [0.25, 0.3) is 5.91 Å². The number of benzene rings is 1. The standard InChI is InChI=1S/C23H17ClF2N6O2S/c1-11-20-16(29-30(11)2)9-28-10-18(20)32-22(33)21-17(31(23(32)34)5-3-4-27)8-19(35-21)12-6-14(25)15(26)7-13(12)24/h6-10,17,21H,3,5H2,1-2H3. The molecule has 12 heteroatoms. The summed E-state index contributed by atoms with van der Waals surface area (Å²) in [6, 6.07) is 2.59. The highest BCUT2D eigenvalue weighted by atomic mass is 35.5. The van der Waals surface area contributed by atoms with Crippen molar-refractivity contribution in [3.8, 4) is 6.07 Å². The first-order chi connectivity index (χ1) is 16.7. The molecule has 0 bridgehead atoms. The van der Waals surface area contributed by atoms with E-state index < -0.39 is 34.9 Å². The molecular weight excluding hydrogens is 498 g/mol. The lowest BCUT2D eigenvalue weighted by atomic mass is 10.0. The minimum absolute atomic E-state index is 0.0135. The van der Waals surface area contributed by atoms with Crippen molar-refractivity contribution in [2.45, 2.75) is 24.6 Å². The van der Waals surface area contributed by atoms with Gasteiger partial charge in [-0.05, 0) is 25.1 Å². The van der Waals surface area contributed by atoms with Crippen molar-refractivity contribution in [2.24, 2.45) is 7.05 Å². The van der Waals surface area contributed by atoms with E-state index in [0.717, 1.165) is 34.5 Å². The van der Waals surface area contributed by atoms with E-state index in [1.54, 1.807) is 24.0 Å². The second kappa shape index (κ2) is 8.62. The van der Waals surface area contributed by atoms with Crippen LogP contribution in [0, 0.1) is 29.9 Å². The fraction of sp³-hybridized carbons (Fsp3) is 0.261. The molecule has 2 unspecified atom stereocenters. The number of carbonyl (C=O) groups is 2. The first kappa shape index (κ1) is 23.3. The Hall–Kier alpha value is -3.49. The maximum atomic E-state index is 14.0. The fourth-order valence-corrected chi connectivity index (χ4v) is 6.04. The van der Waals surface area contributed by atoms with Gasteiger partial charge in [-0.1, -0.05) is 11.6 Å². The molecule has 0 aliphatic carbocycles. The molecule has 4 heterocycles. The number of urea groups is 1. The van der Waals surface area contributed by atoms with Gasteiger partial charge in [-0.25, -0.2) is 18.5 Å². The first-order valence-electron chi connectivity index (χ1n) is 10.5. The van der Waals surface area contributed by atoms with Crippen molar-refractivity contribution in [1.82, 2.24) is 19.7 Å². The van der Waals surface area contributed by atoms with Gasteiger partial charge in [0.05, 0.1) is 47.0 Å². The molecule has 0 spiro atoms. The maximum absolute atomic E-state index is 14.0. The van der Waals surface area contributed by atoms with Gasteiger partial charge in [0.2, 0.25) is 0 Å². The highest BCUT2D eigenvalue weighted by molar-refractivity contribution is 8.09. The Morgan fingerprint density at radius 3 is 2.71 bits per heavy atom. The number of fused-ring (bicyclic) bond motifs is 2. The average Bonchev–Trinajstić information content (AvgIpc) is 3.38. The van der Waals surface area contributed by atoms with Gasteiger partial charge < -0.3 is 4.90 Å². The quantitative estimate of drug-likeness (QED) is 0.478. The van der Waals surface area contributed by atoms with Crippen molar-refractivity contribution in [1.29, 1.82) is 5.26 Å². The largest absolute Gasteiger partial charge is 0.332 e. The third-order valence-electron chi connectivity index (χ3n) is 6.14. The zero-order chi connectivity index (χ0) is 25.0. The van der Waals surface area contributed by atoms with Gasteiger partial charge in [0.1, 0.15) is 10.8 Å². The Morgan fingerprint density at radius 2 is 1.97 bits per heavy atom. The van der Waals surface area contributed by atoms with Crippen molar-refractivity contribution in [2.75, 3.05) is 11.4 Å². The molecule has 0 radical (unpaired) electrons. The van der Waals surface area contributed by atoms with E-state index in [-0.39, 0.29) is 23.6 Å². The SMILES string of the molecule is Cc1c2c(N3C(=O)C4SC(c5cc(F)c(F)cc5Cl)=CC4N(CCC#N)C3=O)cncc2nn1C. The minimum atomic E-state index is -1.08. The molecule has 1 aromatic carbocycles. The number of imide groups is 1. The van der Waals surface area contributed by atoms with Gasteiger partial charge in [0, 0.05) is 29.8 Å². The molecule has 0 saturated carbocycles. The van der Waals surface area contributed by atoms with Crippen molar-refractivity contribution in [3.63, 3.8) is 0 Å². The molecular formula is C23H17ClF2N6O2S. The molecule has 2 aromatic heterocycles. The Bertz CT molecular complexity index is 1480. The highest BCUT2D eigenvalue weighted by Gasteiger charge is 2.50. The molecule has 3 aromatic rings. The number of nitrogens with zero attached hydrogens (tertiary/aromatic N) is 6. The molecule has 1 fully saturated rings. The molecule has 8 nitrogen and oxygen atoms in total. The third-order valence-corrected chi connectivity index (χ3v) is 7.80. The Balaban J connectivity index is 1.61. The highest BCUT2D eigenvalue weighted by Crippen LogP contribution is 2.47. The number of nitriles is 1. The van der Waals surface area contributed by atoms with Crippen LogP contribution >= 0.6 is 23.4 Å². The van der Waals surface area contributed by atoms with Crippen molar-refractivity contribution < 1.29 is 18.4 Å². The summed E-state index contributed by atoms with van der Waals surface area (Å²) >= 11 is 7.29. The summed E-state index contributed by atoms with van der Waals surface area (Å²) in [5.41, 5.74) is 1.79. The molecule has 3 amide bonds. The number of carbonyl (C=O) groups excluding carboxylic acids is 2. The van der Waals surface area contributed by atoms with Crippen LogP contribution in [-0.4, -0.2) is 49.4 Å². The number of anilines is 1. The molecule has 2 atom stereocenters. The zero-order valence-corrected chi connectivity index (χ0v) is 20.1. The summed E-state index contributed by atoms with van der Waals surface area (Å²) in [4.78, 5) is 34.5. The lowest BCUT2D eigenvalue weighted by Gasteiger charge is -2.40. The summed E-state index contributed by atoms with van der Waals surface area (Å²) < 4.78 is 29.2.